The Bertz CT molecular complexity index is 1380. The van der Waals surface area contributed by atoms with Crippen molar-refractivity contribution in [3.63, 3.8) is 0 Å². The maximum Gasteiger partial charge on any atom is 0.472 e. The number of esters is 2. The van der Waals surface area contributed by atoms with Crippen LogP contribution >= 0.6 is 7.82 Å². The van der Waals surface area contributed by atoms with E-state index in [0.717, 1.165) is 51.0 Å². The summed E-state index contributed by atoms with van der Waals surface area (Å²) in [5, 5.41) is 82.8. The first kappa shape index (κ1) is 60.3. The third-order valence-corrected chi connectivity index (χ3v) is 13.0. The molecule has 1 aliphatic heterocycles. The number of phosphoric ester groups is 1. The average Bonchev–Trinajstić information content (AvgIpc) is 3.29. The van der Waals surface area contributed by atoms with Gasteiger partial charge in [0, 0.05) is 12.5 Å². The molecule has 2 aliphatic rings. The molecule has 0 aromatic heterocycles. The molecule has 2 fully saturated rings. The van der Waals surface area contributed by atoms with Gasteiger partial charge in [-0.25, -0.2) is 9.36 Å². The van der Waals surface area contributed by atoms with Gasteiger partial charge >= 0.3 is 19.8 Å². The van der Waals surface area contributed by atoms with Gasteiger partial charge in [-0.1, -0.05) is 160 Å². The number of rotatable bonds is 37. The Balaban J connectivity index is 2.00. The summed E-state index contributed by atoms with van der Waals surface area (Å²) in [6, 6.07) is 0. The van der Waals surface area contributed by atoms with Crippen molar-refractivity contribution in [2.45, 2.75) is 241 Å². The van der Waals surface area contributed by atoms with Crippen LogP contribution in [0.3, 0.4) is 0 Å². The number of hydrogen-bond acceptors (Lipinski definition) is 17. The van der Waals surface area contributed by atoms with Crippen LogP contribution < -0.4 is 0 Å². The molecule has 19 heteroatoms. The second-order valence-electron chi connectivity index (χ2n) is 17.7. The Hall–Kier alpha value is -1.87. The van der Waals surface area contributed by atoms with Gasteiger partial charge in [-0.05, 0) is 19.3 Å². The van der Waals surface area contributed by atoms with Gasteiger partial charge in [0.2, 0.25) is 0 Å². The van der Waals surface area contributed by atoms with Gasteiger partial charge in [-0.2, -0.15) is 0 Å². The molecule has 0 amide bonds. The Morgan fingerprint density at radius 1 is 0.606 bits per heavy atom. The number of aliphatic hydroxyl groups excluding tert-OH is 8. The topological polar surface area (TPSA) is 289 Å². The number of carbonyl (C=O) groups is 2. The maximum absolute atomic E-state index is 13.4. The molecule has 1 heterocycles. The van der Waals surface area contributed by atoms with Gasteiger partial charge in [0.15, 0.2) is 12.4 Å². The zero-order chi connectivity index (χ0) is 48.7. The summed E-state index contributed by atoms with van der Waals surface area (Å²) >= 11 is 0. The van der Waals surface area contributed by atoms with Crippen LogP contribution in [-0.2, 0) is 42.1 Å². The molecule has 1 saturated heterocycles. The van der Waals surface area contributed by atoms with Crippen LogP contribution in [0.1, 0.15) is 168 Å². The Labute approximate surface area is 392 Å². The highest BCUT2D eigenvalue weighted by Crippen LogP contribution is 2.48. The lowest BCUT2D eigenvalue weighted by molar-refractivity contribution is -0.338. The predicted molar refractivity (Wildman–Crippen MR) is 245 cm³/mol. The van der Waals surface area contributed by atoms with E-state index < -0.39 is 113 Å². The lowest BCUT2D eigenvalue weighted by Crippen LogP contribution is -2.67. The minimum absolute atomic E-state index is 0.0931. The number of unbranched alkanes of at least 4 members (excludes halogenated alkanes) is 21. The second-order valence-corrected chi connectivity index (χ2v) is 19.1. The molecular formula is C47H85O18P. The van der Waals surface area contributed by atoms with Crippen LogP contribution in [0, 0.1) is 0 Å². The first-order chi connectivity index (χ1) is 31.7. The highest BCUT2D eigenvalue weighted by atomic mass is 31.2. The number of aliphatic hydroxyl groups is 8. The van der Waals surface area contributed by atoms with E-state index >= 15 is 0 Å². The summed E-state index contributed by atoms with van der Waals surface area (Å²) in [7, 11) is -5.39. The highest BCUT2D eigenvalue weighted by molar-refractivity contribution is 7.47. The first-order valence-corrected chi connectivity index (χ1v) is 26.2. The van der Waals surface area contributed by atoms with Crippen LogP contribution in [0.4, 0.5) is 0 Å². The SMILES string of the molecule is CCCCCCCCCCCCC/C=C/C=C/C(=O)OC(COC(=O)CCCCCCCCCCCCC)COP(=O)(O)OC1C(O)C(O)C(O)C(O)C1OC1OC(CO)C(O)C(O)C1O. The number of hydrogen-bond donors (Lipinski definition) is 9. The lowest BCUT2D eigenvalue weighted by atomic mass is 9.84. The van der Waals surface area contributed by atoms with Gasteiger partial charge < -0.3 is 64.7 Å². The maximum atomic E-state index is 13.4. The van der Waals surface area contributed by atoms with Gasteiger partial charge in [-0.3, -0.25) is 13.8 Å². The van der Waals surface area contributed by atoms with Gasteiger partial charge in [0.25, 0.3) is 0 Å². The molecule has 13 unspecified atom stereocenters. The zero-order valence-corrected chi connectivity index (χ0v) is 40.4. The largest absolute Gasteiger partial charge is 0.472 e. The van der Waals surface area contributed by atoms with E-state index in [1.165, 1.54) is 102 Å². The van der Waals surface area contributed by atoms with Crippen molar-refractivity contribution in [2.75, 3.05) is 19.8 Å². The monoisotopic (exact) mass is 969 g/mol. The van der Waals surface area contributed by atoms with E-state index in [4.69, 9.17) is 28.0 Å². The van der Waals surface area contributed by atoms with Crippen molar-refractivity contribution in [3.8, 4) is 0 Å². The summed E-state index contributed by atoms with van der Waals surface area (Å²) in [6.07, 6.45) is 9.13. The Kier molecular flexibility index (Phi) is 32.2. The van der Waals surface area contributed by atoms with Gasteiger partial charge in [-0.15, -0.1) is 0 Å². The molecule has 0 radical (unpaired) electrons. The standard InChI is InChI=1S/C47H85O18P/c1-3-5-7-9-11-13-15-16-17-18-20-22-24-26-28-30-37(50)62-34(32-60-36(49)29-27-25-23-21-19-14-12-10-8-6-4-2)33-61-66(58,59)65-46-43(56)41(54)40(53)42(55)45(46)64-47-44(57)39(52)38(51)35(31-48)63-47/h24,26,28,30,34-35,38-48,51-57H,3-23,25,27,29,31-33H2,1-2H3,(H,58,59)/b26-24+,30-28+. The van der Waals surface area contributed by atoms with Crippen LogP contribution in [0.5, 0.6) is 0 Å². The molecule has 386 valence electrons. The summed E-state index contributed by atoms with van der Waals surface area (Å²) in [6.45, 7) is 2.11. The van der Waals surface area contributed by atoms with E-state index in [-0.39, 0.29) is 6.42 Å². The fourth-order valence-corrected chi connectivity index (χ4v) is 8.87. The number of allylic oxidation sites excluding steroid dienone is 3. The molecule has 18 nitrogen and oxygen atoms in total. The molecular weight excluding hydrogens is 883 g/mol. The first-order valence-electron chi connectivity index (χ1n) is 24.7. The minimum Gasteiger partial charge on any atom is -0.462 e. The minimum atomic E-state index is -5.39. The lowest BCUT2D eigenvalue weighted by Gasteiger charge is -2.47. The van der Waals surface area contributed by atoms with E-state index in [0.29, 0.717) is 6.42 Å². The van der Waals surface area contributed by atoms with Crippen LogP contribution in [0.15, 0.2) is 24.3 Å². The molecule has 0 bridgehead atoms. The quantitative estimate of drug-likeness (QED) is 0.0129. The Morgan fingerprint density at radius 2 is 1.09 bits per heavy atom. The van der Waals surface area contributed by atoms with E-state index in [1.54, 1.807) is 6.08 Å². The molecule has 0 spiro atoms. The molecule has 13 atom stereocenters. The molecule has 1 saturated carbocycles. The normalized spacial score (nSPS) is 28.4. The van der Waals surface area contributed by atoms with Gasteiger partial charge in [0.1, 0.15) is 67.6 Å². The van der Waals surface area contributed by atoms with Gasteiger partial charge in [0.05, 0.1) is 13.2 Å². The summed E-state index contributed by atoms with van der Waals surface area (Å²) in [5.41, 5.74) is 0. The smallest absolute Gasteiger partial charge is 0.462 e. The van der Waals surface area contributed by atoms with Crippen molar-refractivity contribution in [1.29, 1.82) is 0 Å². The van der Waals surface area contributed by atoms with Crippen LogP contribution in [0.2, 0.25) is 0 Å². The number of carbonyl (C=O) groups excluding carboxylic acids is 2. The molecule has 2 rings (SSSR count). The summed E-state index contributed by atoms with van der Waals surface area (Å²) in [4.78, 5) is 36.3. The Morgan fingerprint density at radius 3 is 1.62 bits per heavy atom. The second kappa shape index (κ2) is 35.3. The predicted octanol–water partition coefficient (Wildman–Crippen LogP) is 5.10. The molecule has 1 aliphatic carbocycles. The molecule has 0 aromatic rings. The number of ether oxygens (including phenoxy) is 4. The van der Waals surface area contributed by atoms with E-state index in [9.17, 15) is 59.9 Å². The van der Waals surface area contributed by atoms with Crippen LogP contribution in [-0.4, -0.2) is 151 Å². The van der Waals surface area contributed by atoms with E-state index in [2.05, 4.69) is 13.8 Å². The highest BCUT2D eigenvalue weighted by Gasteiger charge is 2.55. The molecule has 9 N–H and O–H groups in total. The van der Waals surface area contributed by atoms with Crippen molar-refractivity contribution < 1.29 is 87.9 Å². The van der Waals surface area contributed by atoms with E-state index in [1.807, 2.05) is 6.08 Å². The third-order valence-electron chi connectivity index (χ3n) is 12.0. The zero-order valence-electron chi connectivity index (χ0n) is 39.5. The van der Waals surface area contributed by atoms with Crippen molar-refractivity contribution >= 4 is 19.8 Å². The molecule has 0 aromatic carbocycles. The third kappa shape index (κ3) is 24.1. The van der Waals surface area contributed by atoms with Crippen molar-refractivity contribution in [1.82, 2.24) is 0 Å². The molecule has 66 heavy (non-hydrogen) atoms. The average molecular weight is 969 g/mol. The van der Waals surface area contributed by atoms with Crippen LogP contribution in [0.25, 0.3) is 0 Å². The van der Waals surface area contributed by atoms with Crippen molar-refractivity contribution in [3.05, 3.63) is 24.3 Å². The summed E-state index contributed by atoms with van der Waals surface area (Å²) < 4.78 is 45.2. The summed E-state index contributed by atoms with van der Waals surface area (Å²) in [5.74, 6) is -1.47. The van der Waals surface area contributed by atoms with Crippen molar-refractivity contribution in [2.24, 2.45) is 0 Å². The fourth-order valence-electron chi connectivity index (χ4n) is 7.90. The number of phosphoric acid groups is 1. The fraction of sp³-hybridized carbons (Fsp3) is 0.872.